The summed E-state index contributed by atoms with van der Waals surface area (Å²) in [5, 5.41) is 11.0. The van der Waals surface area contributed by atoms with E-state index in [2.05, 4.69) is 20.5 Å². The first-order chi connectivity index (χ1) is 12.6. The Morgan fingerprint density at radius 1 is 1.23 bits per heavy atom. The van der Waals surface area contributed by atoms with Gasteiger partial charge in [-0.15, -0.1) is 10.2 Å². The van der Waals surface area contributed by atoms with Crippen LogP contribution in [0.4, 0.5) is 0 Å². The summed E-state index contributed by atoms with van der Waals surface area (Å²) in [6.45, 7) is 1.55. The minimum atomic E-state index is -0.326. The number of hydrogen-bond donors (Lipinski definition) is 1. The van der Waals surface area contributed by atoms with Crippen LogP contribution < -0.4 is 5.32 Å². The van der Waals surface area contributed by atoms with Crippen molar-refractivity contribution in [2.24, 2.45) is 5.92 Å². The number of halogens is 1. The Labute approximate surface area is 155 Å². The maximum Gasteiger partial charge on any atom is 0.262 e. The van der Waals surface area contributed by atoms with Crippen molar-refractivity contribution in [3.63, 3.8) is 0 Å². The molecule has 8 nitrogen and oxygen atoms in total. The van der Waals surface area contributed by atoms with E-state index in [9.17, 15) is 9.59 Å². The number of hydrogen-bond acceptors (Lipinski definition) is 6. The van der Waals surface area contributed by atoms with Crippen LogP contribution in [0.1, 0.15) is 36.0 Å². The van der Waals surface area contributed by atoms with Crippen molar-refractivity contribution in [1.82, 2.24) is 30.0 Å². The van der Waals surface area contributed by atoms with Gasteiger partial charge in [-0.05, 0) is 38.3 Å². The molecular formula is C17H19ClN6O2. The molecule has 0 bridgehead atoms. The van der Waals surface area contributed by atoms with E-state index in [-0.39, 0.29) is 23.8 Å². The quantitative estimate of drug-likeness (QED) is 0.814. The van der Waals surface area contributed by atoms with Crippen molar-refractivity contribution < 1.29 is 9.59 Å². The van der Waals surface area contributed by atoms with Crippen molar-refractivity contribution >= 4 is 23.4 Å². The summed E-state index contributed by atoms with van der Waals surface area (Å²) in [5.74, 6) is -0.126. The fraction of sp³-hybridized carbons (Fsp3) is 0.471. The number of piperidine rings is 1. The molecule has 26 heavy (non-hydrogen) atoms. The molecule has 2 aromatic rings. The molecule has 9 heteroatoms. The molecule has 3 heterocycles. The molecule has 1 unspecified atom stereocenters. The smallest absolute Gasteiger partial charge is 0.262 e. The van der Waals surface area contributed by atoms with Gasteiger partial charge in [-0.1, -0.05) is 11.6 Å². The van der Waals surface area contributed by atoms with Gasteiger partial charge in [0.2, 0.25) is 5.91 Å². The second-order valence-corrected chi connectivity index (χ2v) is 7.09. The van der Waals surface area contributed by atoms with Gasteiger partial charge in [-0.25, -0.2) is 4.98 Å². The Hall–Kier alpha value is -2.32. The molecule has 0 aromatic carbocycles. The molecule has 2 aliphatic rings. The zero-order chi connectivity index (χ0) is 18.1. The van der Waals surface area contributed by atoms with Crippen LogP contribution in [0.15, 0.2) is 24.9 Å². The Morgan fingerprint density at radius 2 is 2.00 bits per heavy atom. The van der Waals surface area contributed by atoms with Crippen LogP contribution in [-0.4, -0.2) is 55.6 Å². The minimum Gasteiger partial charge on any atom is -0.316 e. The van der Waals surface area contributed by atoms with E-state index >= 15 is 0 Å². The highest BCUT2D eigenvalue weighted by Gasteiger charge is 2.40. The summed E-state index contributed by atoms with van der Waals surface area (Å²) in [6, 6.07) is 1.54. The van der Waals surface area contributed by atoms with Gasteiger partial charge in [0.15, 0.2) is 5.82 Å². The largest absolute Gasteiger partial charge is 0.316 e. The van der Waals surface area contributed by atoms with Gasteiger partial charge in [0.25, 0.3) is 5.91 Å². The number of carbonyl (C=O) groups excluding carboxylic acids is 2. The van der Waals surface area contributed by atoms with E-state index in [1.54, 1.807) is 10.6 Å². The molecule has 0 spiro atoms. The molecule has 1 aliphatic heterocycles. The molecule has 1 N–H and O–H groups in total. The fourth-order valence-electron chi connectivity index (χ4n) is 3.22. The molecule has 0 radical (unpaired) electrons. The number of rotatable bonds is 4. The van der Waals surface area contributed by atoms with E-state index in [1.165, 1.54) is 23.8 Å². The molecular weight excluding hydrogens is 356 g/mol. The summed E-state index contributed by atoms with van der Waals surface area (Å²) in [5.41, 5.74) is 0.316. The lowest BCUT2D eigenvalue weighted by atomic mass is 9.97. The average Bonchev–Trinajstić information content (AvgIpc) is 3.35. The minimum absolute atomic E-state index is 0.00627. The normalized spacial score (nSPS) is 20.0. The maximum absolute atomic E-state index is 13.0. The summed E-state index contributed by atoms with van der Waals surface area (Å²) in [4.78, 5) is 31.6. The van der Waals surface area contributed by atoms with Crippen molar-refractivity contribution in [2.75, 3.05) is 13.1 Å². The molecule has 2 fully saturated rings. The van der Waals surface area contributed by atoms with Gasteiger partial charge in [0.05, 0.1) is 16.5 Å². The van der Waals surface area contributed by atoms with Crippen LogP contribution >= 0.6 is 11.6 Å². The van der Waals surface area contributed by atoms with Crippen LogP contribution in [0.3, 0.4) is 0 Å². The Bertz CT molecular complexity index is 815. The van der Waals surface area contributed by atoms with E-state index in [4.69, 9.17) is 11.6 Å². The van der Waals surface area contributed by atoms with Gasteiger partial charge < -0.3 is 5.32 Å². The highest BCUT2D eigenvalue weighted by molar-refractivity contribution is 6.32. The number of imide groups is 1. The molecule has 1 aliphatic carbocycles. The lowest BCUT2D eigenvalue weighted by molar-refractivity contribution is -0.133. The van der Waals surface area contributed by atoms with Crippen molar-refractivity contribution in [3.05, 3.63) is 35.5 Å². The van der Waals surface area contributed by atoms with Crippen LogP contribution in [-0.2, 0) is 4.79 Å². The molecule has 2 amide bonds. The highest BCUT2D eigenvalue weighted by atomic mass is 35.5. The second-order valence-electron chi connectivity index (χ2n) is 6.69. The van der Waals surface area contributed by atoms with Crippen LogP contribution in [0, 0.1) is 5.92 Å². The summed E-state index contributed by atoms with van der Waals surface area (Å²) in [7, 11) is 0. The van der Waals surface area contributed by atoms with Crippen molar-refractivity contribution in [2.45, 2.75) is 31.7 Å². The zero-order valence-electron chi connectivity index (χ0n) is 14.1. The number of carbonyl (C=O) groups is 2. The topological polar surface area (TPSA) is 93.0 Å². The van der Waals surface area contributed by atoms with E-state index in [0.29, 0.717) is 22.9 Å². The van der Waals surface area contributed by atoms with E-state index < -0.39 is 0 Å². The Balaban J connectivity index is 1.58. The second kappa shape index (κ2) is 7.13. The van der Waals surface area contributed by atoms with Gasteiger partial charge in [0, 0.05) is 18.8 Å². The first-order valence-corrected chi connectivity index (χ1v) is 9.11. The molecule has 136 valence electrons. The number of amides is 2. The third-order valence-electron chi connectivity index (χ3n) is 4.75. The van der Waals surface area contributed by atoms with Gasteiger partial charge in [0.1, 0.15) is 12.7 Å². The summed E-state index contributed by atoms with van der Waals surface area (Å²) >= 11 is 6.29. The van der Waals surface area contributed by atoms with Crippen molar-refractivity contribution in [3.8, 4) is 5.82 Å². The number of aromatic nitrogens is 4. The third-order valence-corrected chi connectivity index (χ3v) is 5.02. The highest BCUT2D eigenvalue weighted by Crippen LogP contribution is 2.31. The van der Waals surface area contributed by atoms with E-state index in [1.807, 2.05) is 0 Å². The SMILES string of the molecule is O=C(c1cnc(-n2cnnc2)c(Cl)c1)N(C(=O)C1CCCNC1)C1CC1. The van der Waals surface area contributed by atoms with Gasteiger partial charge >= 0.3 is 0 Å². The monoisotopic (exact) mass is 374 g/mol. The Kier molecular flexibility index (Phi) is 4.69. The van der Waals surface area contributed by atoms with Crippen LogP contribution in [0.2, 0.25) is 5.02 Å². The van der Waals surface area contributed by atoms with E-state index in [0.717, 1.165) is 32.2 Å². The molecule has 4 rings (SSSR count). The lowest BCUT2D eigenvalue weighted by Gasteiger charge is -2.28. The fourth-order valence-corrected chi connectivity index (χ4v) is 3.49. The number of nitrogens with one attached hydrogen (secondary N) is 1. The average molecular weight is 375 g/mol. The predicted octanol–water partition coefficient (Wildman–Crippen LogP) is 1.45. The molecule has 1 atom stereocenters. The van der Waals surface area contributed by atoms with Crippen molar-refractivity contribution in [1.29, 1.82) is 0 Å². The third kappa shape index (κ3) is 3.34. The Morgan fingerprint density at radius 3 is 2.62 bits per heavy atom. The number of pyridine rings is 1. The zero-order valence-corrected chi connectivity index (χ0v) is 14.9. The number of nitrogens with zero attached hydrogens (tertiary/aromatic N) is 5. The predicted molar refractivity (Wildman–Crippen MR) is 94.0 cm³/mol. The summed E-state index contributed by atoms with van der Waals surface area (Å²) in [6.07, 6.45) is 7.89. The summed E-state index contributed by atoms with van der Waals surface area (Å²) < 4.78 is 1.56. The first-order valence-electron chi connectivity index (χ1n) is 8.74. The van der Waals surface area contributed by atoms with Gasteiger partial charge in [-0.3, -0.25) is 19.1 Å². The first kappa shape index (κ1) is 17.1. The standard InChI is InChI=1S/C17H19ClN6O2/c18-14-6-12(8-20-15(14)23-9-21-22-10-23)17(26)24(13-3-4-13)16(25)11-2-1-5-19-7-11/h6,8-11,13,19H,1-5,7H2. The van der Waals surface area contributed by atoms with Gasteiger partial charge in [-0.2, -0.15) is 0 Å². The maximum atomic E-state index is 13.0. The lowest BCUT2D eigenvalue weighted by Crippen LogP contribution is -2.46. The van der Waals surface area contributed by atoms with Crippen LogP contribution in [0.5, 0.6) is 0 Å². The van der Waals surface area contributed by atoms with Crippen LogP contribution in [0.25, 0.3) is 5.82 Å². The molecule has 1 saturated heterocycles. The molecule has 1 saturated carbocycles. The molecule has 2 aromatic heterocycles.